The second-order valence-corrected chi connectivity index (χ2v) is 5.52. The minimum absolute atomic E-state index is 0.254. The normalized spacial score (nSPS) is 17.0. The van der Waals surface area contributed by atoms with Crippen LogP contribution >= 0.6 is 0 Å². The van der Waals surface area contributed by atoms with Gasteiger partial charge in [-0.25, -0.2) is 4.39 Å². The minimum Gasteiger partial charge on any atom is -0.480 e. The van der Waals surface area contributed by atoms with Gasteiger partial charge in [-0.15, -0.1) is 0 Å². The van der Waals surface area contributed by atoms with E-state index in [4.69, 9.17) is 0 Å². The van der Waals surface area contributed by atoms with Crippen LogP contribution in [0.4, 0.5) is 10.1 Å². The summed E-state index contributed by atoms with van der Waals surface area (Å²) in [5.41, 5.74) is 1.70. The summed E-state index contributed by atoms with van der Waals surface area (Å²) in [6.07, 6.45) is 3.22. The van der Waals surface area contributed by atoms with Gasteiger partial charge in [0.2, 0.25) is 0 Å². The number of rotatable bonds is 4. The molecule has 5 nitrogen and oxygen atoms in total. The van der Waals surface area contributed by atoms with Crippen LogP contribution in [0, 0.1) is 5.82 Å². The molecule has 0 saturated carbocycles. The maximum Gasteiger partial charge on any atom is 0.325 e. The summed E-state index contributed by atoms with van der Waals surface area (Å²) < 4.78 is 13.0. The number of aromatic nitrogens is 1. The third-order valence-electron chi connectivity index (χ3n) is 4.13. The lowest BCUT2D eigenvalue weighted by Crippen LogP contribution is -2.49. The summed E-state index contributed by atoms with van der Waals surface area (Å²) in [6, 6.07) is 9.21. The van der Waals surface area contributed by atoms with Crippen molar-refractivity contribution in [3.05, 3.63) is 60.2 Å². The van der Waals surface area contributed by atoms with Gasteiger partial charge in [0.1, 0.15) is 11.9 Å². The number of aliphatic carboxylic acids is 1. The van der Waals surface area contributed by atoms with Crippen LogP contribution in [-0.2, 0) is 4.79 Å². The van der Waals surface area contributed by atoms with Crippen molar-refractivity contribution in [1.82, 2.24) is 9.88 Å². The highest BCUT2D eigenvalue weighted by Crippen LogP contribution is 2.24. The Kier molecular flexibility index (Phi) is 4.52. The first-order chi connectivity index (χ1) is 11.1. The standard InChI is InChI=1S/C17H18FN3O2/c18-14-1-3-15(4-2-14)20-9-11-21(12-10-20)16(17(22)23)13-5-7-19-8-6-13/h1-8,16H,9-12H2,(H,22,23)/t16-/m1/s1. The van der Waals surface area contributed by atoms with Gasteiger partial charge >= 0.3 is 5.97 Å². The average Bonchev–Trinajstić information content (AvgIpc) is 2.57. The van der Waals surface area contributed by atoms with Crippen molar-refractivity contribution in [3.63, 3.8) is 0 Å². The molecule has 1 aromatic carbocycles. The van der Waals surface area contributed by atoms with Gasteiger partial charge in [-0.2, -0.15) is 0 Å². The molecule has 1 fully saturated rings. The van der Waals surface area contributed by atoms with Gasteiger partial charge in [0.15, 0.2) is 0 Å². The number of carboxylic acid groups (broad SMARTS) is 1. The summed E-state index contributed by atoms with van der Waals surface area (Å²) >= 11 is 0. The number of carboxylic acids is 1. The topological polar surface area (TPSA) is 56.7 Å². The van der Waals surface area contributed by atoms with Crippen LogP contribution in [0.15, 0.2) is 48.8 Å². The molecule has 1 atom stereocenters. The Bertz CT molecular complexity index is 655. The van der Waals surface area contributed by atoms with E-state index in [-0.39, 0.29) is 5.82 Å². The number of hydrogen-bond acceptors (Lipinski definition) is 4. The molecule has 0 amide bonds. The van der Waals surface area contributed by atoms with Gasteiger partial charge in [-0.05, 0) is 42.0 Å². The number of hydrogen-bond donors (Lipinski definition) is 1. The third kappa shape index (κ3) is 3.48. The summed E-state index contributed by atoms with van der Waals surface area (Å²) in [7, 11) is 0. The molecule has 120 valence electrons. The molecule has 0 bridgehead atoms. The fourth-order valence-corrected chi connectivity index (χ4v) is 2.95. The number of benzene rings is 1. The van der Waals surface area contributed by atoms with E-state index in [1.54, 1.807) is 36.7 Å². The number of piperazine rings is 1. The highest BCUT2D eigenvalue weighted by atomic mass is 19.1. The highest BCUT2D eigenvalue weighted by Gasteiger charge is 2.30. The summed E-state index contributed by atoms with van der Waals surface area (Å²) in [5, 5.41) is 9.58. The summed E-state index contributed by atoms with van der Waals surface area (Å²) in [6.45, 7) is 2.69. The molecule has 1 aliphatic heterocycles. The van der Waals surface area contributed by atoms with Crippen LogP contribution in [0.5, 0.6) is 0 Å². The first-order valence-electron chi connectivity index (χ1n) is 7.52. The molecule has 0 aliphatic carbocycles. The van der Waals surface area contributed by atoms with Crippen molar-refractivity contribution in [2.24, 2.45) is 0 Å². The second kappa shape index (κ2) is 6.75. The predicted molar refractivity (Wildman–Crippen MR) is 84.8 cm³/mol. The second-order valence-electron chi connectivity index (χ2n) is 5.52. The Balaban J connectivity index is 1.69. The van der Waals surface area contributed by atoms with Gasteiger partial charge in [0.25, 0.3) is 0 Å². The smallest absolute Gasteiger partial charge is 0.325 e. The predicted octanol–water partition coefficient (Wildman–Crippen LogP) is 2.17. The molecule has 1 aliphatic rings. The van der Waals surface area contributed by atoms with Crippen LogP contribution in [-0.4, -0.2) is 47.1 Å². The van der Waals surface area contributed by atoms with Crippen molar-refractivity contribution >= 4 is 11.7 Å². The van der Waals surface area contributed by atoms with E-state index in [0.717, 1.165) is 11.3 Å². The number of anilines is 1. The highest BCUT2D eigenvalue weighted by molar-refractivity contribution is 5.75. The van der Waals surface area contributed by atoms with E-state index >= 15 is 0 Å². The molecular weight excluding hydrogens is 297 g/mol. The lowest BCUT2D eigenvalue weighted by Gasteiger charge is -2.38. The van der Waals surface area contributed by atoms with E-state index in [2.05, 4.69) is 9.88 Å². The molecule has 0 radical (unpaired) electrons. The Morgan fingerprint density at radius 1 is 1.04 bits per heavy atom. The van der Waals surface area contributed by atoms with E-state index in [9.17, 15) is 14.3 Å². The molecule has 2 heterocycles. The van der Waals surface area contributed by atoms with Crippen molar-refractivity contribution in [1.29, 1.82) is 0 Å². The SMILES string of the molecule is O=C(O)[C@@H](c1ccncc1)N1CCN(c2ccc(F)cc2)CC1. The average molecular weight is 315 g/mol. The van der Waals surface area contributed by atoms with Crippen molar-refractivity contribution in [3.8, 4) is 0 Å². The van der Waals surface area contributed by atoms with Crippen LogP contribution in [0.1, 0.15) is 11.6 Å². The molecule has 6 heteroatoms. The zero-order valence-electron chi connectivity index (χ0n) is 12.6. The monoisotopic (exact) mass is 315 g/mol. The molecule has 3 rings (SSSR count). The van der Waals surface area contributed by atoms with E-state index in [1.165, 1.54) is 12.1 Å². The Morgan fingerprint density at radius 2 is 1.65 bits per heavy atom. The number of nitrogens with zero attached hydrogens (tertiary/aromatic N) is 3. The quantitative estimate of drug-likeness (QED) is 0.937. The molecule has 0 spiro atoms. The Hall–Kier alpha value is -2.47. The van der Waals surface area contributed by atoms with Crippen molar-refractivity contribution in [2.45, 2.75) is 6.04 Å². The summed E-state index contributed by atoms with van der Waals surface area (Å²) in [5.74, 6) is -1.11. The number of halogens is 1. The Labute approximate surface area is 134 Å². The summed E-state index contributed by atoms with van der Waals surface area (Å²) in [4.78, 5) is 19.7. The van der Waals surface area contributed by atoms with Gasteiger partial charge in [0.05, 0.1) is 0 Å². The minimum atomic E-state index is -0.855. The molecule has 1 aromatic heterocycles. The van der Waals surface area contributed by atoms with E-state index in [1.807, 2.05) is 4.90 Å². The molecule has 1 saturated heterocycles. The Morgan fingerprint density at radius 3 is 2.22 bits per heavy atom. The van der Waals surface area contributed by atoms with Crippen LogP contribution in [0.3, 0.4) is 0 Å². The van der Waals surface area contributed by atoms with Crippen molar-refractivity contribution in [2.75, 3.05) is 31.1 Å². The van der Waals surface area contributed by atoms with E-state index in [0.29, 0.717) is 26.2 Å². The molecule has 0 unspecified atom stereocenters. The largest absolute Gasteiger partial charge is 0.480 e. The number of carbonyl (C=O) groups is 1. The van der Waals surface area contributed by atoms with Gasteiger partial charge in [-0.3, -0.25) is 14.7 Å². The number of pyridine rings is 1. The maximum atomic E-state index is 13.0. The fourth-order valence-electron chi connectivity index (χ4n) is 2.95. The van der Waals surface area contributed by atoms with Crippen LogP contribution < -0.4 is 4.90 Å². The van der Waals surface area contributed by atoms with E-state index < -0.39 is 12.0 Å². The van der Waals surface area contributed by atoms with Gasteiger partial charge in [-0.1, -0.05) is 0 Å². The van der Waals surface area contributed by atoms with Crippen LogP contribution in [0.25, 0.3) is 0 Å². The lowest BCUT2D eigenvalue weighted by molar-refractivity contribution is -0.143. The first-order valence-corrected chi connectivity index (χ1v) is 7.52. The van der Waals surface area contributed by atoms with Crippen LogP contribution in [0.2, 0.25) is 0 Å². The first kappa shape index (κ1) is 15.4. The third-order valence-corrected chi connectivity index (χ3v) is 4.13. The molecule has 2 aromatic rings. The van der Waals surface area contributed by atoms with Gasteiger partial charge < -0.3 is 10.0 Å². The zero-order chi connectivity index (χ0) is 16.2. The van der Waals surface area contributed by atoms with Gasteiger partial charge in [0, 0.05) is 44.3 Å². The lowest BCUT2D eigenvalue weighted by atomic mass is 10.1. The molecule has 1 N–H and O–H groups in total. The molecule has 23 heavy (non-hydrogen) atoms. The fraction of sp³-hybridized carbons (Fsp3) is 0.294. The van der Waals surface area contributed by atoms with Crippen molar-refractivity contribution < 1.29 is 14.3 Å². The molecular formula is C17H18FN3O2. The zero-order valence-corrected chi connectivity index (χ0v) is 12.6. The maximum absolute atomic E-state index is 13.0.